The Bertz CT molecular complexity index is 665. The van der Waals surface area contributed by atoms with Crippen LogP contribution < -0.4 is 11.1 Å². The molecule has 4 nitrogen and oxygen atoms in total. The molecular weight excluding hydrogens is 272 g/mol. The van der Waals surface area contributed by atoms with Gasteiger partial charge in [0, 0.05) is 22.2 Å². The summed E-state index contributed by atoms with van der Waals surface area (Å²) in [4.78, 5) is 8.99. The van der Waals surface area contributed by atoms with Gasteiger partial charge in [-0.1, -0.05) is 17.7 Å². The molecule has 1 aliphatic carbocycles. The summed E-state index contributed by atoms with van der Waals surface area (Å²) in [5.74, 6) is 2.63. The van der Waals surface area contributed by atoms with E-state index < -0.39 is 0 Å². The summed E-state index contributed by atoms with van der Waals surface area (Å²) < 4.78 is 0. The van der Waals surface area contributed by atoms with E-state index in [1.807, 2.05) is 32.0 Å². The molecule has 0 amide bonds. The van der Waals surface area contributed by atoms with Gasteiger partial charge in [0.2, 0.25) is 0 Å². The average Bonchev–Trinajstić information content (AvgIpc) is 3.24. The van der Waals surface area contributed by atoms with E-state index in [1.54, 1.807) is 0 Å². The number of rotatable bonds is 3. The predicted octanol–water partition coefficient (Wildman–Crippen LogP) is 3.95. The fraction of sp³-hybridized carbons (Fsp3) is 0.333. The lowest BCUT2D eigenvalue weighted by Gasteiger charge is -2.14. The van der Waals surface area contributed by atoms with Crippen molar-refractivity contribution in [3.05, 3.63) is 40.2 Å². The van der Waals surface area contributed by atoms with Crippen molar-refractivity contribution in [1.82, 2.24) is 9.97 Å². The molecule has 104 valence electrons. The van der Waals surface area contributed by atoms with E-state index >= 15 is 0 Å². The Morgan fingerprint density at radius 2 is 1.95 bits per heavy atom. The van der Waals surface area contributed by atoms with Gasteiger partial charge in [0.05, 0.1) is 0 Å². The third kappa shape index (κ3) is 2.43. The van der Waals surface area contributed by atoms with Crippen molar-refractivity contribution >= 4 is 28.9 Å². The second-order valence-electron chi connectivity index (χ2n) is 5.25. The van der Waals surface area contributed by atoms with Crippen LogP contribution >= 0.6 is 11.6 Å². The molecule has 3 N–H and O–H groups in total. The van der Waals surface area contributed by atoms with Gasteiger partial charge in [-0.25, -0.2) is 9.97 Å². The highest BCUT2D eigenvalue weighted by Gasteiger charge is 2.28. The zero-order chi connectivity index (χ0) is 14.3. The first kappa shape index (κ1) is 13.2. The number of anilines is 3. The predicted molar refractivity (Wildman–Crippen MR) is 82.6 cm³/mol. The number of nitrogens with one attached hydrogen (secondary N) is 1. The van der Waals surface area contributed by atoms with Crippen LogP contribution in [0.4, 0.5) is 17.3 Å². The normalized spacial score (nSPS) is 14.3. The smallest absolute Gasteiger partial charge is 0.139 e. The zero-order valence-electron chi connectivity index (χ0n) is 11.6. The van der Waals surface area contributed by atoms with E-state index in [2.05, 4.69) is 15.3 Å². The molecule has 0 aliphatic heterocycles. The van der Waals surface area contributed by atoms with Crippen LogP contribution in [0.2, 0.25) is 5.02 Å². The first-order valence-corrected chi connectivity index (χ1v) is 7.10. The maximum absolute atomic E-state index is 6.15. The Labute approximate surface area is 123 Å². The summed E-state index contributed by atoms with van der Waals surface area (Å²) in [6.07, 6.45) is 2.30. The second-order valence-corrected chi connectivity index (χ2v) is 5.66. The van der Waals surface area contributed by atoms with Gasteiger partial charge < -0.3 is 11.1 Å². The quantitative estimate of drug-likeness (QED) is 0.897. The third-order valence-corrected chi connectivity index (χ3v) is 4.07. The third-order valence-electron chi connectivity index (χ3n) is 3.66. The highest BCUT2D eigenvalue weighted by Crippen LogP contribution is 2.39. The molecule has 1 aliphatic rings. The highest BCUT2D eigenvalue weighted by atomic mass is 35.5. The van der Waals surface area contributed by atoms with Gasteiger partial charge >= 0.3 is 0 Å². The summed E-state index contributed by atoms with van der Waals surface area (Å²) in [7, 11) is 0. The van der Waals surface area contributed by atoms with Gasteiger partial charge in [-0.05, 0) is 44.4 Å². The van der Waals surface area contributed by atoms with Gasteiger partial charge in [0.15, 0.2) is 0 Å². The fourth-order valence-electron chi connectivity index (χ4n) is 2.07. The van der Waals surface area contributed by atoms with E-state index in [9.17, 15) is 0 Å². The molecule has 0 spiro atoms. The number of nitrogen functional groups attached to an aromatic ring is 1. The zero-order valence-corrected chi connectivity index (χ0v) is 12.3. The molecule has 1 aromatic carbocycles. The van der Waals surface area contributed by atoms with Crippen molar-refractivity contribution in [3.8, 4) is 0 Å². The standard InChI is InChI=1S/C15H17ClN4/c1-8-11(16)4-3-5-12(8)18-14-9(2)13(17)19-15(20-14)10-6-7-10/h3-5,10H,6-7H2,1-2H3,(H3,17,18,19,20). The number of aromatic nitrogens is 2. The highest BCUT2D eigenvalue weighted by molar-refractivity contribution is 6.31. The molecule has 1 heterocycles. The van der Waals surface area contributed by atoms with Crippen molar-refractivity contribution in [1.29, 1.82) is 0 Å². The van der Waals surface area contributed by atoms with Crippen molar-refractivity contribution in [2.24, 2.45) is 0 Å². The minimum atomic E-state index is 0.471. The number of hydrogen-bond donors (Lipinski definition) is 2. The monoisotopic (exact) mass is 288 g/mol. The van der Waals surface area contributed by atoms with Crippen LogP contribution in [0.1, 0.15) is 35.7 Å². The van der Waals surface area contributed by atoms with Crippen LogP contribution in [0.3, 0.4) is 0 Å². The van der Waals surface area contributed by atoms with Crippen LogP contribution in [-0.2, 0) is 0 Å². The molecule has 1 saturated carbocycles. The van der Waals surface area contributed by atoms with Crippen molar-refractivity contribution in [3.63, 3.8) is 0 Å². The first-order chi connectivity index (χ1) is 9.56. The Hall–Kier alpha value is -1.81. The lowest BCUT2D eigenvalue weighted by molar-refractivity contribution is 0.927. The SMILES string of the molecule is Cc1c(Cl)cccc1Nc1nc(C2CC2)nc(N)c1C. The van der Waals surface area contributed by atoms with E-state index in [0.717, 1.165) is 46.3 Å². The van der Waals surface area contributed by atoms with Gasteiger partial charge in [0.1, 0.15) is 17.5 Å². The molecule has 0 bridgehead atoms. The second kappa shape index (κ2) is 4.94. The summed E-state index contributed by atoms with van der Waals surface area (Å²) in [5, 5.41) is 4.06. The molecule has 20 heavy (non-hydrogen) atoms. The Kier molecular flexibility index (Phi) is 3.26. The van der Waals surface area contributed by atoms with E-state index in [1.165, 1.54) is 0 Å². The van der Waals surface area contributed by atoms with E-state index in [4.69, 9.17) is 17.3 Å². The molecule has 3 rings (SSSR count). The van der Waals surface area contributed by atoms with Crippen LogP contribution in [0.15, 0.2) is 18.2 Å². The van der Waals surface area contributed by atoms with Crippen molar-refractivity contribution in [2.75, 3.05) is 11.1 Å². The summed E-state index contributed by atoms with van der Waals surface area (Å²) in [6, 6.07) is 5.77. The minimum Gasteiger partial charge on any atom is -0.383 e. The molecular formula is C15H17ClN4. The average molecular weight is 289 g/mol. The van der Waals surface area contributed by atoms with Crippen LogP contribution in [-0.4, -0.2) is 9.97 Å². The number of nitrogens with zero attached hydrogens (tertiary/aromatic N) is 2. The molecule has 0 atom stereocenters. The Balaban J connectivity index is 1.99. The molecule has 0 saturated heterocycles. The molecule has 2 aromatic rings. The maximum Gasteiger partial charge on any atom is 0.139 e. The van der Waals surface area contributed by atoms with Gasteiger partial charge in [-0.15, -0.1) is 0 Å². The fourth-order valence-corrected chi connectivity index (χ4v) is 2.24. The molecule has 0 unspecified atom stereocenters. The Morgan fingerprint density at radius 1 is 1.20 bits per heavy atom. The summed E-state index contributed by atoms with van der Waals surface area (Å²) in [5.41, 5.74) is 8.80. The maximum atomic E-state index is 6.15. The van der Waals surface area contributed by atoms with Crippen LogP contribution in [0.5, 0.6) is 0 Å². The molecule has 1 aromatic heterocycles. The summed E-state index contributed by atoms with van der Waals surface area (Å²) in [6.45, 7) is 3.90. The first-order valence-electron chi connectivity index (χ1n) is 6.72. The molecule has 0 radical (unpaired) electrons. The van der Waals surface area contributed by atoms with Crippen molar-refractivity contribution < 1.29 is 0 Å². The van der Waals surface area contributed by atoms with Crippen LogP contribution in [0.25, 0.3) is 0 Å². The van der Waals surface area contributed by atoms with Gasteiger partial charge in [-0.2, -0.15) is 0 Å². The number of benzene rings is 1. The van der Waals surface area contributed by atoms with Crippen LogP contribution in [0, 0.1) is 13.8 Å². The topological polar surface area (TPSA) is 63.8 Å². The number of halogens is 1. The Morgan fingerprint density at radius 3 is 2.65 bits per heavy atom. The molecule has 1 fully saturated rings. The van der Waals surface area contributed by atoms with Crippen molar-refractivity contribution in [2.45, 2.75) is 32.6 Å². The van der Waals surface area contributed by atoms with E-state index in [0.29, 0.717) is 11.7 Å². The molecule has 5 heteroatoms. The van der Waals surface area contributed by atoms with Gasteiger partial charge in [0.25, 0.3) is 0 Å². The lowest BCUT2D eigenvalue weighted by Crippen LogP contribution is -2.07. The minimum absolute atomic E-state index is 0.471. The number of nitrogens with two attached hydrogens (primary N) is 1. The van der Waals surface area contributed by atoms with E-state index in [-0.39, 0.29) is 0 Å². The largest absolute Gasteiger partial charge is 0.383 e. The number of hydrogen-bond acceptors (Lipinski definition) is 4. The summed E-state index contributed by atoms with van der Waals surface area (Å²) >= 11 is 6.15. The van der Waals surface area contributed by atoms with Gasteiger partial charge in [-0.3, -0.25) is 0 Å². The lowest BCUT2D eigenvalue weighted by atomic mass is 10.2.